The molecule has 1 aromatic carbocycles. The molecular weight excluding hydrogens is 456 g/mol. The van der Waals surface area contributed by atoms with Gasteiger partial charge < -0.3 is 9.84 Å². The average Bonchev–Trinajstić information content (AvgIpc) is 3.47. The highest BCUT2D eigenvalue weighted by molar-refractivity contribution is 5.70. The monoisotopic (exact) mass is 486 g/mol. The number of nitrogens with zero attached hydrogens (tertiary/aromatic N) is 6. The summed E-state index contributed by atoms with van der Waals surface area (Å²) >= 11 is 0. The molecule has 1 saturated carbocycles. The molecule has 1 aliphatic carbocycles. The van der Waals surface area contributed by atoms with E-state index in [9.17, 15) is 9.90 Å². The Hall–Kier alpha value is -4.01. The summed E-state index contributed by atoms with van der Waals surface area (Å²) in [6.07, 6.45) is 7.62. The van der Waals surface area contributed by atoms with E-state index in [1.807, 2.05) is 61.4 Å². The molecule has 36 heavy (non-hydrogen) atoms. The highest BCUT2D eigenvalue weighted by Gasteiger charge is 2.28. The molecule has 1 N–H and O–H groups in total. The first-order valence-electron chi connectivity index (χ1n) is 12.3. The Morgan fingerprint density at radius 1 is 1.14 bits per heavy atom. The van der Waals surface area contributed by atoms with E-state index in [1.165, 1.54) is 5.56 Å². The lowest BCUT2D eigenvalue weighted by Gasteiger charge is -2.27. The van der Waals surface area contributed by atoms with Crippen LogP contribution in [-0.2, 0) is 24.8 Å². The lowest BCUT2D eigenvalue weighted by atomic mass is 9.87. The number of carboxylic acid groups (broad SMARTS) is 1. The Morgan fingerprint density at radius 3 is 2.75 bits per heavy atom. The van der Waals surface area contributed by atoms with Gasteiger partial charge in [0.25, 0.3) is 0 Å². The molecule has 9 heteroatoms. The molecule has 0 aliphatic heterocycles. The van der Waals surface area contributed by atoms with Gasteiger partial charge in [-0.3, -0.25) is 9.48 Å². The maximum atomic E-state index is 11.4. The van der Waals surface area contributed by atoms with Gasteiger partial charge in [-0.05, 0) is 55.9 Å². The summed E-state index contributed by atoms with van der Waals surface area (Å²) in [4.78, 5) is 16.1. The quantitative estimate of drug-likeness (QED) is 0.400. The molecule has 0 spiro atoms. The molecule has 0 unspecified atom stereocenters. The third-order valence-corrected chi connectivity index (χ3v) is 6.74. The fourth-order valence-corrected chi connectivity index (χ4v) is 4.78. The number of aromatic nitrogens is 6. The van der Waals surface area contributed by atoms with Crippen molar-refractivity contribution in [1.82, 2.24) is 29.8 Å². The first-order valence-corrected chi connectivity index (χ1v) is 12.3. The zero-order valence-corrected chi connectivity index (χ0v) is 20.5. The summed E-state index contributed by atoms with van der Waals surface area (Å²) in [5.74, 6) is -0.403. The van der Waals surface area contributed by atoms with Crippen molar-refractivity contribution in [3.63, 3.8) is 0 Å². The minimum atomic E-state index is -0.743. The molecule has 9 nitrogen and oxygen atoms in total. The molecule has 0 saturated heterocycles. The Bertz CT molecular complexity index is 1350. The zero-order chi connectivity index (χ0) is 25.1. The molecule has 1 aliphatic rings. The van der Waals surface area contributed by atoms with E-state index in [0.29, 0.717) is 36.5 Å². The van der Waals surface area contributed by atoms with Crippen LogP contribution in [0, 0.1) is 12.8 Å². The van der Waals surface area contributed by atoms with Gasteiger partial charge in [-0.1, -0.05) is 35.5 Å². The standard InChI is InChI=1S/C27H30N6O3/c1-18-25(36-22-10-6-9-21(14-22)27(34)35)12-11-23(29-18)26-24(32(2)31-30-26)17-33-16-20(15-28-33)13-19-7-4-3-5-8-19/h3-5,7-8,11-12,15-16,21-22H,6,9-10,13-14,17H2,1-2H3,(H,34,35)/t21-,22-/m0/s1. The van der Waals surface area contributed by atoms with Crippen molar-refractivity contribution in [3.8, 4) is 17.1 Å². The molecule has 186 valence electrons. The number of aryl methyl sites for hydroxylation is 2. The van der Waals surface area contributed by atoms with Crippen molar-refractivity contribution in [2.75, 3.05) is 0 Å². The van der Waals surface area contributed by atoms with E-state index in [1.54, 1.807) is 4.68 Å². The van der Waals surface area contributed by atoms with Crippen molar-refractivity contribution < 1.29 is 14.6 Å². The number of aliphatic carboxylic acids is 1. The molecule has 0 amide bonds. The number of benzene rings is 1. The molecule has 5 rings (SSSR count). The molecule has 3 aromatic heterocycles. The molecule has 3 heterocycles. The highest BCUT2D eigenvalue weighted by atomic mass is 16.5. The summed E-state index contributed by atoms with van der Waals surface area (Å²) in [5, 5.41) is 22.5. The predicted octanol–water partition coefficient (Wildman–Crippen LogP) is 4.04. The van der Waals surface area contributed by atoms with Crippen molar-refractivity contribution in [3.05, 3.63) is 77.4 Å². The van der Waals surface area contributed by atoms with Crippen LogP contribution in [0.2, 0.25) is 0 Å². The van der Waals surface area contributed by atoms with Crippen LogP contribution in [0.15, 0.2) is 54.9 Å². The molecule has 1 fully saturated rings. The third-order valence-electron chi connectivity index (χ3n) is 6.74. The lowest BCUT2D eigenvalue weighted by Crippen LogP contribution is -2.29. The minimum absolute atomic E-state index is 0.108. The summed E-state index contributed by atoms with van der Waals surface area (Å²) < 4.78 is 9.81. The van der Waals surface area contributed by atoms with Crippen LogP contribution in [0.3, 0.4) is 0 Å². The molecule has 0 bridgehead atoms. The van der Waals surface area contributed by atoms with Crippen LogP contribution < -0.4 is 4.74 Å². The number of carbonyl (C=O) groups is 1. The van der Waals surface area contributed by atoms with Gasteiger partial charge >= 0.3 is 5.97 Å². The van der Waals surface area contributed by atoms with E-state index in [4.69, 9.17) is 9.72 Å². The topological polar surface area (TPSA) is 108 Å². The maximum absolute atomic E-state index is 11.4. The third kappa shape index (κ3) is 5.30. The van der Waals surface area contributed by atoms with Crippen LogP contribution in [0.25, 0.3) is 11.4 Å². The number of carboxylic acids is 1. The molecular formula is C27H30N6O3. The van der Waals surface area contributed by atoms with E-state index >= 15 is 0 Å². The van der Waals surface area contributed by atoms with Gasteiger partial charge in [0.1, 0.15) is 11.4 Å². The number of ether oxygens (including phenoxy) is 1. The van der Waals surface area contributed by atoms with Gasteiger partial charge in [0, 0.05) is 19.7 Å². The van der Waals surface area contributed by atoms with E-state index in [0.717, 1.165) is 36.2 Å². The van der Waals surface area contributed by atoms with Crippen LogP contribution in [-0.4, -0.2) is 46.9 Å². The van der Waals surface area contributed by atoms with Gasteiger partial charge in [-0.15, -0.1) is 5.10 Å². The van der Waals surface area contributed by atoms with Gasteiger partial charge in [0.2, 0.25) is 0 Å². The largest absolute Gasteiger partial charge is 0.489 e. The highest BCUT2D eigenvalue weighted by Crippen LogP contribution is 2.30. The second-order valence-corrected chi connectivity index (χ2v) is 9.44. The van der Waals surface area contributed by atoms with Crippen LogP contribution in [0.5, 0.6) is 5.75 Å². The smallest absolute Gasteiger partial charge is 0.306 e. The average molecular weight is 487 g/mol. The van der Waals surface area contributed by atoms with Gasteiger partial charge in [0.15, 0.2) is 0 Å². The number of hydrogen-bond donors (Lipinski definition) is 1. The van der Waals surface area contributed by atoms with E-state index < -0.39 is 5.97 Å². The lowest BCUT2D eigenvalue weighted by molar-refractivity contribution is -0.143. The maximum Gasteiger partial charge on any atom is 0.306 e. The fourth-order valence-electron chi connectivity index (χ4n) is 4.78. The predicted molar refractivity (Wildman–Crippen MR) is 134 cm³/mol. The molecule has 2 atom stereocenters. The number of rotatable bonds is 8. The SMILES string of the molecule is Cc1nc(-c2nnn(C)c2Cn2cc(Cc3ccccc3)cn2)ccc1O[C@H]1CCC[C@H](C(=O)O)C1. The second kappa shape index (κ2) is 10.3. The van der Waals surface area contributed by atoms with Crippen LogP contribution in [0.4, 0.5) is 0 Å². The van der Waals surface area contributed by atoms with Crippen LogP contribution >= 0.6 is 0 Å². The summed E-state index contributed by atoms with van der Waals surface area (Å²) in [5.41, 5.74) is 5.45. The fraction of sp³-hybridized carbons (Fsp3) is 0.370. The molecule has 0 radical (unpaired) electrons. The second-order valence-electron chi connectivity index (χ2n) is 9.44. The van der Waals surface area contributed by atoms with E-state index in [2.05, 4.69) is 27.5 Å². The Balaban J connectivity index is 1.30. The minimum Gasteiger partial charge on any atom is -0.489 e. The van der Waals surface area contributed by atoms with Crippen LogP contribution in [0.1, 0.15) is 48.2 Å². The first-order chi connectivity index (χ1) is 17.5. The molecule has 4 aromatic rings. The Kier molecular flexibility index (Phi) is 6.79. The van der Waals surface area contributed by atoms with Crippen molar-refractivity contribution >= 4 is 5.97 Å². The first kappa shape index (κ1) is 23.7. The van der Waals surface area contributed by atoms with Crippen molar-refractivity contribution in [2.45, 2.75) is 51.7 Å². The van der Waals surface area contributed by atoms with Gasteiger partial charge in [-0.2, -0.15) is 5.10 Å². The number of hydrogen-bond acceptors (Lipinski definition) is 6. The summed E-state index contributed by atoms with van der Waals surface area (Å²) in [6, 6.07) is 14.1. The van der Waals surface area contributed by atoms with Crippen molar-refractivity contribution in [1.29, 1.82) is 0 Å². The van der Waals surface area contributed by atoms with E-state index in [-0.39, 0.29) is 12.0 Å². The van der Waals surface area contributed by atoms with Gasteiger partial charge in [-0.25, -0.2) is 9.67 Å². The van der Waals surface area contributed by atoms with Crippen molar-refractivity contribution in [2.24, 2.45) is 13.0 Å². The summed E-state index contributed by atoms with van der Waals surface area (Å²) in [7, 11) is 1.87. The normalized spacial score (nSPS) is 17.7. The van der Waals surface area contributed by atoms with Gasteiger partial charge in [0.05, 0.1) is 41.8 Å². The summed E-state index contributed by atoms with van der Waals surface area (Å²) in [6.45, 7) is 2.42. The number of pyridine rings is 1. The zero-order valence-electron chi connectivity index (χ0n) is 20.5. The Labute approximate surface area is 209 Å². The Morgan fingerprint density at radius 2 is 1.97 bits per heavy atom.